The van der Waals surface area contributed by atoms with Crippen molar-refractivity contribution < 1.29 is 18.7 Å². The summed E-state index contributed by atoms with van der Waals surface area (Å²) in [4.78, 5) is 14.0. The van der Waals surface area contributed by atoms with Gasteiger partial charge in [-0.25, -0.2) is 0 Å². The fourth-order valence-corrected chi connectivity index (χ4v) is 2.80. The normalized spacial score (nSPS) is 11.0. The number of hydrogen-bond acceptors (Lipinski definition) is 4. The minimum Gasteiger partial charge on any atom is -0.497 e. The predicted molar refractivity (Wildman–Crippen MR) is 90.8 cm³/mol. The van der Waals surface area contributed by atoms with Crippen LogP contribution in [0, 0.1) is 0 Å². The van der Waals surface area contributed by atoms with Gasteiger partial charge in [-0.3, -0.25) is 4.79 Å². The quantitative estimate of drug-likeness (QED) is 0.556. The highest BCUT2D eigenvalue weighted by molar-refractivity contribution is 5.92. The van der Waals surface area contributed by atoms with E-state index in [1.165, 1.54) is 0 Å². The molecule has 0 aliphatic heterocycles. The molecule has 2 heterocycles. The maximum Gasteiger partial charge on any atom is 0.166 e. The van der Waals surface area contributed by atoms with E-state index in [1.54, 1.807) is 19.4 Å². The van der Waals surface area contributed by atoms with E-state index in [0.717, 1.165) is 45.2 Å². The number of H-pyrrole nitrogens is 1. The lowest BCUT2D eigenvalue weighted by Crippen LogP contribution is -1.94. The van der Waals surface area contributed by atoms with Crippen LogP contribution in [0.4, 0.5) is 0 Å². The van der Waals surface area contributed by atoms with Crippen molar-refractivity contribution >= 4 is 28.2 Å². The van der Waals surface area contributed by atoms with E-state index in [1.807, 2.05) is 36.4 Å². The summed E-state index contributed by atoms with van der Waals surface area (Å²) in [5.41, 5.74) is 3.12. The Labute approximate surface area is 137 Å². The number of carbonyl (C=O) groups is 1. The zero-order chi connectivity index (χ0) is 16.5. The minimum atomic E-state index is 0.375. The van der Waals surface area contributed by atoms with Crippen molar-refractivity contribution in [2.75, 3.05) is 7.11 Å². The van der Waals surface area contributed by atoms with Gasteiger partial charge >= 0.3 is 0 Å². The summed E-state index contributed by atoms with van der Waals surface area (Å²) >= 11 is 0. The molecule has 0 aliphatic carbocycles. The summed E-state index contributed by atoms with van der Waals surface area (Å²) in [5, 5.41) is 1.87. The Morgan fingerprint density at radius 3 is 2.92 bits per heavy atom. The number of carbonyl (C=O) groups excluding carboxylic acids is 1. The van der Waals surface area contributed by atoms with E-state index in [4.69, 9.17) is 13.9 Å². The average molecular weight is 321 g/mol. The van der Waals surface area contributed by atoms with Crippen molar-refractivity contribution in [3.63, 3.8) is 0 Å². The van der Waals surface area contributed by atoms with Crippen LogP contribution in [0.15, 0.2) is 53.1 Å². The number of fused-ring (bicyclic) bond motifs is 2. The first-order valence-electron chi connectivity index (χ1n) is 7.52. The fourth-order valence-electron chi connectivity index (χ4n) is 2.80. The maximum atomic E-state index is 10.9. The highest BCUT2D eigenvalue weighted by Crippen LogP contribution is 2.29. The van der Waals surface area contributed by atoms with E-state index in [-0.39, 0.29) is 0 Å². The van der Waals surface area contributed by atoms with Crippen LogP contribution >= 0.6 is 0 Å². The number of hydrogen-bond donors (Lipinski definition) is 1. The molecule has 4 aromatic rings. The summed E-state index contributed by atoms with van der Waals surface area (Å²) in [6, 6.07) is 13.2. The molecule has 0 saturated carbocycles. The zero-order valence-corrected chi connectivity index (χ0v) is 13.0. The lowest BCUT2D eigenvalue weighted by atomic mass is 10.2. The average Bonchev–Trinajstić information content (AvgIpc) is 3.23. The first kappa shape index (κ1) is 14.4. The molecule has 24 heavy (non-hydrogen) atoms. The van der Waals surface area contributed by atoms with Gasteiger partial charge in [0.25, 0.3) is 0 Å². The number of methoxy groups -OCH3 is 1. The van der Waals surface area contributed by atoms with Gasteiger partial charge in [-0.05, 0) is 30.3 Å². The van der Waals surface area contributed by atoms with Crippen molar-refractivity contribution in [3.05, 3.63) is 60.0 Å². The SMILES string of the molecule is COc1ccc2c(COc3cccc4[nH]c(C=O)cc34)coc2c1. The maximum absolute atomic E-state index is 10.9. The number of rotatable bonds is 5. The molecule has 0 aliphatic rings. The zero-order valence-electron chi connectivity index (χ0n) is 13.0. The lowest BCUT2D eigenvalue weighted by molar-refractivity contribution is 0.112. The molecule has 0 amide bonds. The first-order valence-corrected chi connectivity index (χ1v) is 7.52. The molecule has 1 N–H and O–H groups in total. The van der Waals surface area contributed by atoms with Crippen LogP contribution in [0.1, 0.15) is 16.1 Å². The van der Waals surface area contributed by atoms with Gasteiger partial charge in [0.2, 0.25) is 0 Å². The summed E-state index contributed by atoms with van der Waals surface area (Å²) < 4.78 is 16.7. The van der Waals surface area contributed by atoms with Gasteiger partial charge in [0.05, 0.1) is 19.1 Å². The second kappa shape index (κ2) is 5.77. The van der Waals surface area contributed by atoms with E-state index >= 15 is 0 Å². The van der Waals surface area contributed by atoms with Crippen molar-refractivity contribution in [1.82, 2.24) is 4.98 Å². The van der Waals surface area contributed by atoms with E-state index in [2.05, 4.69) is 4.98 Å². The third-order valence-corrected chi connectivity index (χ3v) is 4.02. The van der Waals surface area contributed by atoms with E-state index < -0.39 is 0 Å². The number of benzene rings is 2. The van der Waals surface area contributed by atoms with Crippen molar-refractivity contribution in [2.24, 2.45) is 0 Å². The molecule has 0 atom stereocenters. The highest BCUT2D eigenvalue weighted by atomic mass is 16.5. The number of ether oxygens (including phenoxy) is 2. The second-order valence-corrected chi connectivity index (χ2v) is 5.47. The first-order chi connectivity index (χ1) is 11.8. The summed E-state index contributed by atoms with van der Waals surface area (Å²) in [7, 11) is 1.62. The number of aromatic amines is 1. The Balaban J connectivity index is 1.63. The van der Waals surface area contributed by atoms with Crippen LogP contribution in [0.25, 0.3) is 21.9 Å². The smallest absolute Gasteiger partial charge is 0.166 e. The molecule has 120 valence electrons. The van der Waals surface area contributed by atoms with Crippen molar-refractivity contribution in [3.8, 4) is 11.5 Å². The molecular weight excluding hydrogens is 306 g/mol. The molecule has 5 nitrogen and oxygen atoms in total. The molecule has 2 aromatic carbocycles. The van der Waals surface area contributed by atoms with Gasteiger partial charge in [0.15, 0.2) is 6.29 Å². The van der Waals surface area contributed by atoms with Crippen LogP contribution in [0.5, 0.6) is 11.5 Å². The third-order valence-electron chi connectivity index (χ3n) is 4.02. The Morgan fingerprint density at radius 2 is 2.08 bits per heavy atom. The summed E-state index contributed by atoms with van der Waals surface area (Å²) in [6.45, 7) is 0.375. The lowest BCUT2D eigenvalue weighted by Gasteiger charge is -2.06. The fraction of sp³-hybridized carbons (Fsp3) is 0.105. The standard InChI is InChI=1S/C19H15NO4/c1-22-14-5-6-15-12(11-24-19(15)8-14)10-23-18-4-2-3-17-16(18)7-13(9-21)20-17/h2-9,11,20H,10H2,1H3. The minimum absolute atomic E-state index is 0.375. The molecule has 4 rings (SSSR count). The molecule has 0 spiro atoms. The third kappa shape index (κ3) is 2.40. The van der Waals surface area contributed by atoms with Gasteiger partial charge in [-0.2, -0.15) is 0 Å². The van der Waals surface area contributed by atoms with Crippen molar-refractivity contribution in [2.45, 2.75) is 6.61 Å². The highest BCUT2D eigenvalue weighted by Gasteiger charge is 2.10. The largest absolute Gasteiger partial charge is 0.497 e. The number of nitrogens with one attached hydrogen (secondary N) is 1. The van der Waals surface area contributed by atoms with Gasteiger partial charge in [0.1, 0.15) is 23.7 Å². The molecule has 0 bridgehead atoms. The molecule has 0 unspecified atom stereocenters. The van der Waals surface area contributed by atoms with Crippen LogP contribution in [-0.2, 0) is 6.61 Å². The monoisotopic (exact) mass is 321 g/mol. The molecule has 5 heteroatoms. The molecule has 0 fully saturated rings. The Bertz CT molecular complexity index is 1030. The number of aldehydes is 1. The number of furan rings is 1. The van der Waals surface area contributed by atoms with Crippen LogP contribution < -0.4 is 9.47 Å². The molecular formula is C19H15NO4. The van der Waals surface area contributed by atoms with Gasteiger partial charge in [0, 0.05) is 27.9 Å². The molecule has 0 radical (unpaired) electrons. The second-order valence-electron chi connectivity index (χ2n) is 5.47. The Kier molecular flexibility index (Phi) is 3.46. The van der Waals surface area contributed by atoms with Crippen LogP contribution in [0.2, 0.25) is 0 Å². The van der Waals surface area contributed by atoms with Crippen LogP contribution in [-0.4, -0.2) is 18.4 Å². The van der Waals surface area contributed by atoms with Crippen LogP contribution in [0.3, 0.4) is 0 Å². The summed E-state index contributed by atoms with van der Waals surface area (Å²) in [5.74, 6) is 1.47. The van der Waals surface area contributed by atoms with E-state index in [9.17, 15) is 4.79 Å². The van der Waals surface area contributed by atoms with Gasteiger partial charge in [-0.15, -0.1) is 0 Å². The Hall–Kier alpha value is -3.21. The van der Waals surface area contributed by atoms with Gasteiger partial charge < -0.3 is 18.9 Å². The number of aromatic nitrogens is 1. The van der Waals surface area contributed by atoms with Gasteiger partial charge in [-0.1, -0.05) is 6.07 Å². The van der Waals surface area contributed by atoms with E-state index in [0.29, 0.717) is 12.3 Å². The predicted octanol–water partition coefficient (Wildman–Crippen LogP) is 4.31. The summed E-state index contributed by atoms with van der Waals surface area (Å²) in [6.07, 6.45) is 2.49. The Morgan fingerprint density at radius 1 is 1.17 bits per heavy atom. The molecule has 2 aromatic heterocycles. The molecule has 0 saturated heterocycles. The topological polar surface area (TPSA) is 64.5 Å². The van der Waals surface area contributed by atoms with Crippen molar-refractivity contribution in [1.29, 1.82) is 0 Å².